The molecule has 0 radical (unpaired) electrons. The van der Waals surface area contributed by atoms with Crippen LogP contribution in [-0.2, 0) is 4.79 Å². The van der Waals surface area contributed by atoms with Gasteiger partial charge in [-0.1, -0.05) is 6.92 Å². The molecule has 0 aliphatic carbocycles. The molecule has 2 aliphatic heterocycles. The normalized spacial score (nSPS) is 23.8. The highest BCUT2D eigenvalue weighted by Gasteiger charge is 2.18. The van der Waals surface area contributed by atoms with E-state index in [2.05, 4.69) is 27.4 Å². The van der Waals surface area contributed by atoms with E-state index < -0.39 is 0 Å². The van der Waals surface area contributed by atoms with Crippen LogP contribution in [-0.4, -0.2) is 74.6 Å². The van der Waals surface area contributed by atoms with Crippen LogP contribution in [0.4, 0.5) is 0 Å². The molecule has 0 spiro atoms. The Hall–Kier alpha value is -0.0700. The predicted molar refractivity (Wildman–Crippen MR) is 91.7 cm³/mol. The van der Waals surface area contributed by atoms with Gasteiger partial charge in [0.05, 0.1) is 6.54 Å². The molecule has 0 bridgehead atoms. The second-order valence-corrected chi connectivity index (χ2v) is 5.73. The van der Waals surface area contributed by atoms with Crippen LogP contribution >= 0.6 is 24.8 Å². The number of nitrogens with zero attached hydrogens (tertiary/aromatic N) is 2. The summed E-state index contributed by atoms with van der Waals surface area (Å²) in [6.45, 7) is 11.1. The monoisotopic (exact) mass is 340 g/mol. The fourth-order valence-corrected chi connectivity index (χ4v) is 2.88. The molecule has 2 saturated heterocycles. The molecule has 1 amide bonds. The molecule has 2 fully saturated rings. The minimum atomic E-state index is 0. The van der Waals surface area contributed by atoms with Gasteiger partial charge in [-0.3, -0.25) is 9.69 Å². The Kier molecular flexibility index (Phi) is 11.5. The van der Waals surface area contributed by atoms with Crippen LogP contribution in [0.25, 0.3) is 0 Å². The van der Waals surface area contributed by atoms with Gasteiger partial charge in [-0.2, -0.15) is 0 Å². The Bertz CT molecular complexity index is 280. The van der Waals surface area contributed by atoms with E-state index in [1.165, 1.54) is 12.8 Å². The maximum absolute atomic E-state index is 11.9. The van der Waals surface area contributed by atoms with Gasteiger partial charge in [0.25, 0.3) is 0 Å². The van der Waals surface area contributed by atoms with Gasteiger partial charge in [0.1, 0.15) is 0 Å². The fraction of sp³-hybridized carbons (Fsp3) is 0.929. The first-order valence-electron chi connectivity index (χ1n) is 7.70. The van der Waals surface area contributed by atoms with E-state index in [0.29, 0.717) is 12.5 Å². The molecule has 1 atom stereocenters. The molecule has 5 nitrogen and oxygen atoms in total. The summed E-state index contributed by atoms with van der Waals surface area (Å²) in [4.78, 5) is 16.6. The summed E-state index contributed by atoms with van der Waals surface area (Å²) in [7, 11) is 0. The van der Waals surface area contributed by atoms with Crippen molar-refractivity contribution in [2.75, 3.05) is 58.9 Å². The highest BCUT2D eigenvalue weighted by Crippen LogP contribution is 2.08. The fourth-order valence-electron chi connectivity index (χ4n) is 2.88. The summed E-state index contributed by atoms with van der Waals surface area (Å²) in [6, 6.07) is 0. The number of halogens is 2. The average Bonchev–Trinajstić information content (AvgIpc) is 2.47. The van der Waals surface area contributed by atoms with Crippen molar-refractivity contribution in [1.82, 2.24) is 20.4 Å². The van der Waals surface area contributed by atoms with Gasteiger partial charge in [-0.25, -0.2) is 0 Å². The molecule has 0 aromatic rings. The van der Waals surface area contributed by atoms with E-state index in [1.54, 1.807) is 0 Å². The second-order valence-electron chi connectivity index (χ2n) is 5.73. The van der Waals surface area contributed by atoms with Gasteiger partial charge < -0.3 is 15.5 Å². The quantitative estimate of drug-likeness (QED) is 0.768. The Labute approximate surface area is 141 Å². The number of carbonyl (C=O) groups is 1. The minimum absolute atomic E-state index is 0. The van der Waals surface area contributed by atoms with Gasteiger partial charge in [0, 0.05) is 32.7 Å². The first-order chi connectivity index (χ1) is 9.28. The molecule has 0 aromatic heterocycles. The number of hydrogen-bond donors (Lipinski definition) is 2. The number of hydrogen-bond acceptors (Lipinski definition) is 4. The average molecular weight is 341 g/mol. The van der Waals surface area contributed by atoms with Gasteiger partial charge in [0.2, 0.25) is 5.91 Å². The molecular weight excluding hydrogens is 311 g/mol. The number of amides is 1. The van der Waals surface area contributed by atoms with Crippen LogP contribution in [0.15, 0.2) is 0 Å². The zero-order chi connectivity index (χ0) is 13.5. The van der Waals surface area contributed by atoms with E-state index in [9.17, 15) is 4.79 Å². The lowest BCUT2D eigenvalue weighted by atomic mass is 10.00. The predicted octanol–water partition coefficient (Wildman–Crippen LogP) is 0.583. The van der Waals surface area contributed by atoms with E-state index >= 15 is 0 Å². The minimum Gasteiger partial charge on any atom is -0.355 e. The van der Waals surface area contributed by atoms with Gasteiger partial charge in [-0.05, 0) is 38.4 Å². The van der Waals surface area contributed by atoms with Crippen molar-refractivity contribution in [1.29, 1.82) is 0 Å². The van der Waals surface area contributed by atoms with Crippen LogP contribution in [0, 0.1) is 5.92 Å². The lowest BCUT2D eigenvalue weighted by molar-refractivity contribution is -0.122. The summed E-state index contributed by atoms with van der Waals surface area (Å²) in [5, 5.41) is 6.47. The number of rotatable bonds is 5. The van der Waals surface area contributed by atoms with Crippen LogP contribution in [0.1, 0.15) is 19.8 Å². The van der Waals surface area contributed by atoms with Crippen LogP contribution < -0.4 is 10.6 Å². The third-order valence-electron chi connectivity index (χ3n) is 4.27. The molecule has 0 saturated carbocycles. The molecule has 2 heterocycles. The van der Waals surface area contributed by atoms with E-state index in [4.69, 9.17) is 0 Å². The molecule has 2 aliphatic rings. The third-order valence-corrected chi connectivity index (χ3v) is 4.27. The Morgan fingerprint density at radius 2 is 1.86 bits per heavy atom. The summed E-state index contributed by atoms with van der Waals surface area (Å²) >= 11 is 0. The van der Waals surface area contributed by atoms with Crippen molar-refractivity contribution < 1.29 is 4.79 Å². The first kappa shape index (κ1) is 20.9. The third kappa shape index (κ3) is 7.66. The maximum atomic E-state index is 11.9. The lowest BCUT2D eigenvalue weighted by Crippen LogP contribution is -2.49. The molecular formula is C14H30Cl2N4O. The molecule has 2 rings (SSSR count). The van der Waals surface area contributed by atoms with E-state index in [0.717, 1.165) is 52.4 Å². The zero-order valence-electron chi connectivity index (χ0n) is 13.0. The Morgan fingerprint density at radius 1 is 1.19 bits per heavy atom. The molecule has 2 N–H and O–H groups in total. The maximum Gasteiger partial charge on any atom is 0.234 e. The smallest absolute Gasteiger partial charge is 0.234 e. The Morgan fingerprint density at radius 3 is 2.43 bits per heavy atom. The highest BCUT2D eigenvalue weighted by atomic mass is 35.5. The molecule has 7 heteroatoms. The van der Waals surface area contributed by atoms with Crippen molar-refractivity contribution in [3.05, 3.63) is 0 Å². The topological polar surface area (TPSA) is 47.6 Å². The van der Waals surface area contributed by atoms with Crippen molar-refractivity contribution in [3.8, 4) is 0 Å². The van der Waals surface area contributed by atoms with Gasteiger partial charge in [-0.15, -0.1) is 24.8 Å². The number of piperazine rings is 1. The summed E-state index contributed by atoms with van der Waals surface area (Å²) in [6.07, 6.45) is 2.47. The summed E-state index contributed by atoms with van der Waals surface area (Å²) in [5.74, 6) is 0.810. The first-order valence-corrected chi connectivity index (χ1v) is 7.70. The van der Waals surface area contributed by atoms with Crippen molar-refractivity contribution >= 4 is 30.7 Å². The van der Waals surface area contributed by atoms with Crippen LogP contribution in [0.3, 0.4) is 0 Å². The number of likely N-dealkylation sites (N-methyl/N-ethyl adjacent to an activating group) is 1. The van der Waals surface area contributed by atoms with Crippen LogP contribution in [0.5, 0.6) is 0 Å². The Balaban J connectivity index is 0.00000200. The number of carbonyl (C=O) groups excluding carboxylic acids is 1. The standard InChI is InChI=1S/C14H28N4O.2ClH/c1-2-17-6-8-18(9-7-17)12-14(19)16-11-13-4-3-5-15-10-13;;/h13,15H,2-12H2,1H3,(H,16,19);2*1H. The van der Waals surface area contributed by atoms with Crippen LogP contribution in [0.2, 0.25) is 0 Å². The van der Waals surface area contributed by atoms with E-state index in [1.807, 2.05) is 0 Å². The molecule has 0 aromatic carbocycles. The van der Waals surface area contributed by atoms with Gasteiger partial charge in [0.15, 0.2) is 0 Å². The molecule has 126 valence electrons. The zero-order valence-corrected chi connectivity index (χ0v) is 14.6. The number of piperidine rings is 1. The molecule has 1 unspecified atom stereocenters. The second kappa shape index (κ2) is 11.5. The number of nitrogens with one attached hydrogen (secondary N) is 2. The van der Waals surface area contributed by atoms with Crippen molar-refractivity contribution in [2.45, 2.75) is 19.8 Å². The lowest BCUT2D eigenvalue weighted by Gasteiger charge is -2.33. The van der Waals surface area contributed by atoms with E-state index in [-0.39, 0.29) is 30.7 Å². The summed E-state index contributed by atoms with van der Waals surface area (Å²) < 4.78 is 0. The highest BCUT2D eigenvalue weighted by molar-refractivity contribution is 5.85. The largest absolute Gasteiger partial charge is 0.355 e. The molecule has 21 heavy (non-hydrogen) atoms. The SMILES string of the molecule is CCN1CCN(CC(=O)NCC2CCCNC2)CC1.Cl.Cl. The summed E-state index contributed by atoms with van der Waals surface area (Å²) in [5.41, 5.74) is 0. The van der Waals surface area contributed by atoms with Gasteiger partial charge >= 0.3 is 0 Å². The van der Waals surface area contributed by atoms with Crippen molar-refractivity contribution in [3.63, 3.8) is 0 Å². The van der Waals surface area contributed by atoms with Crippen molar-refractivity contribution in [2.24, 2.45) is 5.92 Å².